The maximum atomic E-state index is 10.5. The summed E-state index contributed by atoms with van der Waals surface area (Å²) in [6, 6.07) is 0. The first kappa shape index (κ1) is 13.1. The molecule has 2 rings (SSSR count). The lowest BCUT2D eigenvalue weighted by Gasteiger charge is -2.13. The molecule has 4 heteroatoms. The molecule has 0 radical (unpaired) electrons. The normalized spacial score (nSPS) is 23.7. The molecule has 1 aliphatic rings. The molecule has 0 saturated heterocycles. The average Bonchev–Trinajstić information content (AvgIpc) is 2.88. The van der Waals surface area contributed by atoms with Crippen molar-refractivity contribution >= 4 is 5.97 Å². The van der Waals surface area contributed by atoms with E-state index in [2.05, 4.69) is 18.4 Å². The number of aliphatic carboxylic acids is 1. The molecule has 1 fully saturated rings. The van der Waals surface area contributed by atoms with E-state index in [1.165, 1.54) is 19.3 Å². The van der Waals surface area contributed by atoms with Crippen LogP contribution in [0.5, 0.6) is 0 Å². The highest BCUT2D eigenvalue weighted by Crippen LogP contribution is 2.36. The van der Waals surface area contributed by atoms with Crippen LogP contribution in [0.15, 0.2) is 18.7 Å². The summed E-state index contributed by atoms with van der Waals surface area (Å²) < 4.78 is 3.75. The van der Waals surface area contributed by atoms with Crippen molar-refractivity contribution < 1.29 is 14.5 Å². The van der Waals surface area contributed by atoms with Crippen LogP contribution in [0.1, 0.15) is 33.1 Å². The fourth-order valence-electron chi connectivity index (χ4n) is 2.97. The molecule has 4 nitrogen and oxygen atoms in total. The van der Waals surface area contributed by atoms with E-state index in [1.54, 1.807) is 10.8 Å². The van der Waals surface area contributed by atoms with Gasteiger partial charge in [0, 0.05) is 0 Å². The summed E-state index contributed by atoms with van der Waals surface area (Å²) in [4.78, 5) is 10.5. The number of carbonyl (C=O) groups excluding carboxylic acids is 1. The first-order valence-electron chi connectivity index (χ1n) is 6.79. The Morgan fingerprint density at radius 2 is 2.28 bits per heavy atom. The Balaban J connectivity index is 1.87. The topological polar surface area (TPSA) is 48.9 Å². The summed E-state index contributed by atoms with van der Waals surface area (Å²) >= 11 is 0. The third kappa shape index (κ3) is 3.34. The number of hydrogen-bond donors (Lipinski definition) is 0. The van der Waals surface area contributed by atoms with E-state index < -0.39 is 5.97 Å². The van der Waals surface area contributed by atoms with Gasteiger partial charge < -0.3 is 9.90 Å². The van der Waals surface area contributed by atoms with Crippen LogP contribution in [0.25, 0.3) is 0 Å². The van der Waals surface area contributed by atoms with Crippen molar-refractivity contribution in [2.75, 3.05) is 0 Å². The second kappa shape index (κ2) is 5.55. The summed E-state index contributed by atoms with van der Waals surface area (Å²) in [5.74, 6) is 1.34. The number of nitrogens with zero attached hydrogens (tertiary/aromatic N) is 2. The summed E-state index contributed by atoms with van der Waals surface area (Å²) in [7, 11) is 0. The van der Waals surface area contributed by atoms with Gasteiger partial charge in [0.15, 0.2) is 0 Å². The number of rotatable bonds is 5. The molecule has 2 unspecified atom stereocenters. The van der Waals surface area contributed by atoms with Crippen LogP contribution in [-0.4, -0.2) is 10.5 Å². The molecule has 0 amide bonds. The van der Waals surface area contributed by atoms with E-state index in [4.69, 9.17) is 0 Å². The number of aromatic nitrogens is 2. The number of carboxylic acid groups (broad SMARTS) is 1. The van der Waals surface area contributed by atoms with E-state index in [0.717, 1.165) is 24.3 Å². The highest BCUT2D eigenvalue weighted by Gasteiger charge is 2.28. The molecule has 100 valence electrons. The number of imidazole rings is 1. The molecule has 1 aromatic heterocycles. The Labute approximate surface area is 108 Å². The standard InChI is InChI=1S/C14H22N2O2/c1-11(2)13-4-3-12(7-13)8-15-5-6-16(10-15)9-14(17)18/h5-6,10-13H,3-4,7-9H2,1-2H3. The number of hydrogen-bond acceptors (Lipinski definition) is 2. The van der Waals surface area contributed by atoms with Crippen molar-refractivity contribution in [2.24, 2.45) is 17.8 Å². The third-order valence-electron chi connectivity index (χ3n) is 4.05. The Bertz CT molecular complexity index is 412. The van der Waals surface area contributed by atoms with Crippen molar-refractivity contribution in [3.63, 3.8) is 0 Å². The zero-order chi connectivity index (χ0) is 13.1. The zero-order valence-corrected chi connectivity index (χ0v) is 11.2. The molecule has 0 spiro atoms. The molecule has 0 aromatic carbocycles. The summed E-state index contributed by atoms with van der Waals surface area (Å²) in [5.41, 5.74) is 0. The monoisotopic (exact) mass is 250 g/mol. The smallest absolute Gasteiger partial charge is 0.244 e. The van der Waals surface area contributed by atoms with E-state index in [-0.39, 0.29) is 6.54 Å². The molecule has 1 aromatic rings. The minimum Gasteiger partial charge on any atom is -0.546 e. The fraction of sp³-hybridized carbons (Fsp3) is 0.714. The fourth-order valence-corrected chi connectivity index (χ4v) is 2.97. The van der Waals surface area contributed by atoms with E-state index >= 15 is 0 Å². The molecule has 18 heavy (non-hydrogen) atoms. The predicted molar refractivity (Wildman–Crippen MR) is 65.3 cm³/mol. The lowest BCUT2D eigenvalue weighted by Crippen LogP contribution is -2.42. The molecular weight excluding hydrogens is 228 g/mol. The summed E-state index contributed by atoms with van der Waals surface area (Å²) in [6.07, 6.45) is 9.54. The molecule has 1 heterocycles. The molecule has 0 N–H and O–H groups in total. The van der Waals surface area contributed by atoms with Crippen LogP contribution in [-0.2, 0) is 17.9 Å². The van der Waals surface area contributed by atoms with E-state index in [0.29, 0.717) is 0 Å². The Hall–Kier alpha value is -1.32. The van der Waals surface area contributed by atoms with Crippen LogP contribution in [0, 0.1) is 17.8 Å². The summed E-state index contributed by atoms with van der Waals surface area (Å²) in [5, 5.41) is 10.5. The van der Waals surface area contributed by atoms with Gasteiger partial charge in [0.05, 0.1) is 12.5 Å². The van der Waals surface area contributed by atoms with Gasteiger partial charge in [-0.25, -0.2) is 9.13 Å². The number of carboxylic acids is 1. The minimum atomic E-state index is -1.04. The zero-order valence-electron chi connectivity index (χ0n) is 11.2. The molecule has 2 atom stereocenters. The van der Waals surface area contributed by atoms with Gasteiger partial charge in [-0.05, 0) is 37.0 Å². The highest BCUT2D eigenvalue weighted by molar-refractivity contribution is 5.62. The van der Waals surface area contributed by atoms with Crippen molar-refractivity contribution in [1.29, 1.82) is 0 Å². The Morgan fingerprint density at radius 1 is 1.50 bits per heavy atom. The predicted octanol–water partition coefficient (Wildman–Crippen LogP) is 0.598. The number of carbonyl (C=O) groups is 1. The van der Waals surface area contributed by atoms with Crippen molar-refractivity contribution in [2.45, 2.75) is 46.2 Å². The van der Waals surface area contributed by atoms with Crippen LogP contribution in [0.2, 0.25) is 0 Å². The van der Waals surface area contributed by atoms with Crippen LogP contribution in [0.4, 0.5) is 0 Å². The Kier molecular flexibility index (Phi) is 4.04. The maximum absolute atomic E-state index is 10.5. The van der Waals surface area contributed by atoms with Crippen LogP contribution in [0.3, 0.4) is 0 Å². The second-order valence-corrected chi connectivity index (χ2v) is 5.84. The molecular formula is C14H22N2O2. The maximum Gasteiger partial charge on any atom is 0.244 e. The van der Waals surface area contributed by atoms with Gasteiger partial charge >= 0.3 is 0 Å². The SMILES string of the molecule is CC(C)C1CCC(Cn2cc[n+](CC(=O)[O-])c2)C1. The second-order valence-electron chi connectivity index (χ2n) is 5.84. The van der Waals surface area contributed by atoms with Gasteiger partial charge in [0.2, 0.25) is 6.33 Å². The van der Waals surface area contributed by atoms with Gasteiger partial charge in [-0.15, -0.1) is 0 Å². The lowest BCUT2D eigenvalue weighted by atomic mass is 9.93. The van der Waals surface area contributed by atoms with Gasteiger partial charge in [-0.1, -0.05) is 13.8 Å². The molecule has 0 bridgehead atoms. The average molecular weight is 250 g/mol. The first-order chi connectivity index (χ1) is 8.54. The van der Waals surface area contributed by atoms with Crippen LogP contribution >= 0.6 is 0 Å². The van der Waals surface area contributed by atoms with Gasteiger partial charge in [0.1, 0.15) is 18.9 Å². The first-order valence-corrected chi connectivity index (χ1v) is 6.79. The lowest BCUT2D eigenvalue weighted by molar-refractivity contribution is -0.690. The largest absolute Gasteiger partial charge is 0.546 e. The van der Waals surface area contributed by atoms with Crippen molar-refractivity contribution in [3.8, 4) is 0 Å². The van der Waals surface area contributed by atoms with Crippen LogP contribution < -0.4 is 9.67 Å². The molecule has 1 saturated carbocycles. The van der Waals surface area contributed by atoms with Gasteiger partial charge in [-0.2, -0.15) is 0 Å². The molecule has 1 aliphatic carbocycles. The van der Waals surface area contributed by atoms with E-state index in [9.17, 15) is 9.90 Å². The Morgan fingerprint density at radius 3 is 2.89 bits per heavy atom. The highest BCUT2D eigenvalue weighted by atomic mass is 16.4. The van der Waals surface area contributed by atoms with Gasteiger partial charge in [0.25, 0.3) is 0 Å². The van der Waals surface area contributed by atoms with Gasteiger partial charge in [-0.3, -0.25) is 0 Å². The van der Waals surface area contributed by atoms with E-state index in [1.807, 2.05) is 12.5 Å². The molecule has 0 aliphatic heterocycles. The van der Waals surface area contributed by atoms with Crippen molar-refractivity contribution in [3.05, 3.63) is 18.7 Å². The minimum absolute atomic E-state index is 0.0632. The summed E-state index contributed by atoms with van der Waals surface area (Å²) in [6.45, 7) is 5.54. The third-order valence-corrected chi connectivity index (χ3v) is 4.05. The van der Waals surface area contributed by atoms with Crippen molar-refractivity contribution in [1.82, 2.24) is 4.57 Å². The quantitative estimate of drug-likeness (QED) is 0.718.